The molecule has 0 heterocycles. The van der Waals surface area contributed by atoms with Crippen molar-refractivity contribution in [3.8, 4) is 23.3 Å². The molecule has 0 aliphatic rings. The van der Waals surface area contributed by atoms with E-state index in [1.807, 2.05) is 31.2 Å². The average Bonchev–Trinajstić information content (AvgIpc) is 2.52. The maximum atomic E-state index is 9.09. The van der Waals surface area contributed by atoms with E-state index < -0.39 is 0 Å². The first-order valence-corrected chi connectivity index (χ1v) is 6.64. The van der Waals surface area contributed by atoms with E-state index in [1.54, 1.807) is 25.3 Å². The van der Waals surface area contributed by atoms with Crippen LogP contribution in [-0.2, 0) is 0 Å². The van der Waals surface area contributed by atoms with Crippen molar-refractivity contribution in [2.45, 2.75) is 6.92 Å². The summed E-state index contributed by atoms with van der Waals surface area (Å²) in [5.41, 5.74) is 1.53. The van der Waals surface area contributed by atoms with Gasteiger partial charge in [0.2, 0.25) is 0 Å². The Hall–Kier alpha value is -2.67. The molecular weight excluding hydrogens is 266 g/mol. The second-order valence-electron chi connectivity index (χ2n) is 4.41. The van der Waals surface area contributed by atoms with Crippen LogP contribution < -0.4 is 14.2 Å². The van der Waals surface area contributed by atoms with E-state index >= 15 is 0 Å². The van der Waals surface area contributed by atoms with E-state index in [-0.39, 0.29) is 0 Å². The van der Waals surface area contributed by atoms with E-state index in [2.05, 4.69) is 6.07 Å². The molecule has 0 bridgehead atoms. The third kappa shape index (κ3) is 3.67. The summed E-state index contributed by atoms with van der Waals surface area (Å²) in [6.07, 6.45) is 0. The molecule has 0 unspecified atom stereocenters. The van der Waals surface area contributed by atoms with Gasteiger partial charge in [0.25, 0.3) is 0 Å². The second-order valence-corrected chi connectivity index (χ2v) is 4.41. The van der Waals surface area contributed by atoms with Gasteiger partial charge in [-0.15, -0.1) is 0 Å². The molecule has 2 aromatic rings. The predicted molar refractivity (Wildman–Crippen MR) is 79.9 cm³/mol. The maximum Gasteiger partial charge on any atom is 0.179 e. The minimum absolute atomic E-state index is 0.337. The van der Waals surface area contributed by atoms with E-state index in [1.165, 1.54) is 0 Å². The number of methoxy groups -OCH3 is 1. The number of benzene rings is 2. The van der Waals surface area contributed by atoms with Crippen LogP contribution in [0.3, 0.4) is 0 Å². The quantitative estimate of drug-likeness (QED) is 0.763. The van der Waals surface area contributed by atoms with Crippen molar-refractivity contribution in [3.05, 3.63) is 53.6 Å². The largest absolute Gasteiger partial charge is 0.493 e. The zero-order valence-corrected chi connectivity index (χ0v) is 12.1. The molecule has 0 spiro atoms. The fourth-order valence-electron chi connectivity index (χ4n) is 1.93. The van der Waals surface area contributed by atoms with Crippen LogP contribution >= 0.6 is 0 Å². The monoisotopic (exact) mass is 283 g/mol. The van der Waals surface area contributed by atoms with Crippen molar-refractivity contribution >= 4 is 0 Å². The van der Waals surface area contributed by atoms with Gasteiger partial charge in [0.05, 0.1) is 12.7 Å². The molecule has 108 valence electrons. The third-order valence-electron chi connectivity index (χ3n) is 3.00. The number of aryl methyl sites for hydroxylation is 1. The van der Waals surface area contributed by atoms with Crippen LogP contribution in [0.25, 0.3) is 0 Å². The molecule has 0 aliphatic carbocycles. The molecule has 4 nitrogen and oxygen atoms in total. The predicted octanol–water partition coefficient (Wildman–Crippen LogP) is 3.33. The van der Waals surface area contributed by atoms with Gasteiger partial charge in [-0.05, 0) is 30.7 Å². The fourth-order valence-corrected chi connectivity index (χ4v) is 1.93. The van der Waals surface area contributed by atoms with Gasteiger partial charge < -0.3 is 14.2 Å². The first-order valence-electron chi connectivity index (χ1n) is 6.64. The summed E-state index contributed by atoms with van der Waals surface area (Å²) >= 11 is 0. The lowest BCUT2D eigenvalue weighted by Crippen LogP contribution is -2.10. The molecule has 2 rings (SSSR count). The highest BCUT2D eigenvalue weighted by atomic mass is 16.5. The Morgan fingerprint density at radius 1 is 0.952 bits per heavy atom. The molecule has 0 radical (unpaired) electrons. The molecule has 0 amide bonds. The number of nitriles is 1. The Labute approximate surface area is 124 Å². The number of para-hydroxylation sites is 2. The zero-order valence-electron chi connectivity index (χ0n) is 12.1. The van der Waals surface area contributed by atoms with Crippen LogP contribution in [0.1, 0.15) is 11.1 Å². The lowest BCUT2D eigenvalue weighted by molar-refractivity contribution is 0.210. The highest BCUT2D eigenvalue weighted by Crippen LogP contribution is 2.30. The number of nitrogens with zero attached hydrogens (tertiary/aromatic N) is 1. The Morgan fingerprint density at radius 2 is 1.67 bits per heavy atom. The van der Waals surface area contributed by atoms with Crippen LogP contribution in [0.5, 0.6) is 17.2 Å². The summed E-state index contributed by atoms with van der Waals surface area (Å²) < 4.78 is 16.5. The molecule has 0 saturated carbocycles. The van der Waals surface area contributed by atoms with E-state index in [9.17, 15) is 0 Å². The summed E-state index contributed by atoms with van der Waals surface area (Å²) in [4.78, 5) is 0. The molecule has 0 aliphatic heterocycles. The smallest absolute Gasteiger partial charge is 0.179 e. The van der Waals surface area contributed by atoms with Crippen molar-refractivity contribution in [3.63, 3.8) is 0 Å². The third-order valence-corrected chi connectivity index (χ3v) is 3.00. The van der Waals surface area contributed by atoms with Crippen LogP contribution in [0.4, 0.5) is 0 Å². The SMILES string of the molecule is COc1cccc(C#N)c1OCCOc1ccccc1C. The number of hydrogen-bond acceptors (Lipinski definition) is 4. The van der Waals surface area contributed by atoms with Gasteiger partial charge in [0.1, 0.15) is 25.0 Å². The lowest BCUT2D eigenvalue weighted by Gasteiger charge is -2.13. The molecule has 0 atom stereocenters. The van der Waals surface area contributed by atoms with Gasteiger partial charge in [-0.25, -0.2) is 0 Å². The number of rotatable bonds is 6. The summed E-state index contributed by atoms with van der Waals surface area (Å²) in [6, 6.07) is 15.1. The van der Waals surface area contributed by atoms with Crippen LogP contribution in [0, 0.1) is 18.3 Å². The van der Waals surface area contributed by atoms with Crippen molar-refractivity contribution in [1.29, 1.82) is 5.26 Å². The number of ether oxygens (including phenoxy) is 3. The van der Waals surface area contributed by atoms with Crippen molar-refractivity contribution in [2.24, 2.45) is 0 Å². The van der Waals surface area contributed by atoms with Gasteiger partial charge in [-0.2, -0.15) is 5.26 Å². The highest BCUT2D eigenvalue weighted by molar-refractivity contribution is 5.52. The first-order chi connectivity index (χ1) is 10.3. The minimum Gasteiger partial charge on any atom is -0.493 e. The summed E-state index contributed by atoms with van der Waals surface area (Å²) in [5.74, 6) is 1.84. The van der Waals surface area contributed by atoms with E-state index in [0.717, 1.165) is 11.3 Å². The molecule has 2 aromatic carbocycles. The van der Waals surface area contributed by atoms with Crippen molar-refractivity contribution in [2.75, 3.05) is 20.3 Å². The van der Waals surface area contributed by atoms with E-state index in [0.29, 0.717) is 30.3 Å². The first kappa shape index (κ1) is 14.7. The normalized spacial score (nSPS) is 9.76. The van der Waals surface area contributed by atoms with E-state index in [4.69, 9.17) is 19.5 Å². The molecule has 0 saturated heterocycles. The molecule has 0 N–H and O–H groups in total. The molecular formula is C17H17NO3. The molecule has 4 heteroatoms. The summed E-state index contributed by atoms with van der Waals surface area (Å²) in [5, 5.41) is 9.09. The second kappa shape index (κ2) is 7.20. The minimum atomic E-state index is 0.337. The van der Waals surface area contributed by atoms with Gasteiger partial charge in [-0.3, -0.25) is 0 Å². The maximum absolute atomic E-state index is 9.09. The van der Waals surface area contributed by atoms with Crippen molar-refractivity contribution < 1.29 is 14.2 Å². The van der Waals surface area contributed by atoms with Crippen LogP contribution in [-0.4, -0.2) is 20.3 Å². The Bertz CT molecular complexity index is 647. The highest BCUT2D eigenvalue weighted by Gasteiger charge is 2.10. The Morgan fingerprint density at radius 3 is 2.38 bits per heavy atom. The van der Waals surface area contributed by atoms with Gasteiger partial charge >= 0.3 is 0 Å². The van der Waals surface area contributed by atoms with Crippen LogP contribution in [0.15, 0.2) is 42.5 Å². The molecule has 0 aromatic heterocycles. The average molecular weight is 283 g/mol. The molecule has 21 heavy (non-hydrogen) atoms. The number of hydrogen-bond donors (Lipinski definition) is 0. The summed E-state index contributed by atoms with van der Waals surface area (Å²) in [6.45, 7) is 2.72. The van der Waals surface area contributed by atoms with Gasteiger partial charge in [-0.1, -0.05) is 24.3 Å². The van der Waals surface area contributed by atoms with Gasteiger partial charge in [0.15, 0.2) is 11.5 Å². The van der Waals surface area contributed by atoms with Gasteiger partial charge in [0, 0.05) is 0 Å². The molecule has 0 fully saturated rings. The van der Waals surface area contributed by atoms with Crippen LogP contribution in [0.2, 0.25) is 0 Å². The topological polar surface area (TPSA) is 51.5 Å². The summed E-state index contributed by atoms with van der Waals surface area (Å²) in [7, 11) is 1.55. The lowest BCUT2D eigenvalue weighted by atomic mass is 10.2. The Kier molecular flexibility index (Phi) is 5.05. The fraction of sp³-hybridized carbons (Fsp3) is 0.235. The zero-order chi connectivity index (χ0) is 15.1. The van der Waals surface area contributed by atoms with Crippen molar-refractivity contribution in [1.82, 2.24) is 0 Å². The standard InChI is InChI=1S/C17H17NO3/c1-13-6-3-4-8-15(13)20-10-11-21-17-14(12-18)7-5-9-16(17)19-2/h3-9H,10-11H2,1-2H3. The Balaban J connectivity index is 1.95.